The number of anilines is 2. The van der Waals surface area contributed by atoms with Crippen LogP contribution < -0.4 is 16.4 Å². The number of nitrogens with zero attached hydrogens (tertiary/aromatic N) is 2. The maximum Gasteiger partial charge on any atom is 0.251 e. The maximum atomic E-state index is 12.9. The highest BCUT2D eigenvalue weighted by molar-refractivity contribution is 5.95. The van der Waals surface area contributed by atoms with E-state index in [0.29, 0.717) is 23.2 Å². The Morgan fingerprint density at radius 1 is 1.11 bits per heavy atom. The first-order valence-electron chi connectivity index (χ1n) is 9.82. The van der Waals surface area contributed by atoms with Crippen molar-refractivity contribution in [1.29, 1.82) is 0 Å². The van der Waals surface area contributed by atoms with Gasteiger partial charge in [0.05, 0.1) is 5.69 Å². The summed E-state index contributed by atoms with van der Waals surface area (Å²) in [5.74, 6) is 1.68. The van der Waals surface area contributed by atoms with Crippen LogP contribution in [0.2, 0.25) is 0 Å². The Hall–Kier alpha value is -2.18. The van der Waals surface area contributed by atoms with E-state index >= 15 is 0 Å². The van der Waals surface area contributed by atoms with E-state index in [9.17, 15) is 4.79 Å². The van der Waals surface area contributed by atoms with E-state index in [-0.39, 0.29) is 30.4 Å². The molecule has 150 valence electrons. The highest BCUT2D eigenvalue weighted by Gasteiger charge is 2.39. The number of hydrogen-bond acceptors (Lipinski definition) is 5. The summed E-state index contributed by atoms with van der Waals surface area (Å²) in [6, 6.07) is 11.8. The minimum atomic E-state index is -0.00832. The lowest BCUT2D eigenvalue weighted by Gasteiger charge is -2.45. The minimum absolute atomic E-state index is 0. The van der Waals surface area contributed by atoms with Crippen LogP contribution >= 0.6 is 12.4 Å². The summed E-state index contributed by atoms with van der Waals surface area (Å²) >= 11 is 0. The first-order valence-corrected chi connectivity index (χ1v) is 9.82. The first kappa shape index (κ1) is 20.6. The van der Waals surface area contributed by atoms with Gasteiger partial charge < -0.3 is 16.4 Å². The van der Waals surface area contributed by atoms with Gasteiger partial charge in [0.1, 0.15) is 0 Å². The molecule has 2 aromatic rings. The fourth-order valence-electron chi connectivity index (χ4n) is 4.61. The number of halogens is 1. The number of carbonyl (C=O) groups is 1. The first-order chi connectivity index (χ1) is 13.1. The number of amides is 1. The van der Waals surface area contributed by atoms with Gasteiger partial charge in [-0.1, -0.05) is 12.5 Å². The zero-order valence-corrected chi connectivity index (χ0v) is 16.9. The molecule has 0 spiro atoms. The van der Waals surface area contributed by atoms with Crippen LogP contribution in [0.4, 0.5) is 11.5 Å². The molecule has 1 aromatic heterocycles. The standard InChI is InChI=1S/C21H27N5O.ClH/c1-13-8-9-19(26-25-13)23-18-7-3-6-16(12-18)21(27)24-20-14-4-2-5-15(20)11-17(22)10-14;/h3,6-9,12,14-15,17,20H,2,4-5,10-11,22H2,1H3,(H,23,26)(H,24,27);1H. The van der Waals surface area contributed by atoms with Crippen molar-refractivity contribution < 1.29 is 4.79 Å². The number of hydrogen-bond donors (Lipinski definition) is 3. The third-order valence-electron chi connectivity index (χ3n) is 5.87. The molecule has 2 aliphatic carbocycles. The van der Waals surface area contributed by atoms with Gasteiger partial charge in [0, 0.05) is 23.3 Å². The highest BCUT2D eigenvalue weighted by atomic mass is 35.5. The lowest BCUT2D eigenvalue weighted by molar-refractivity contribution is 0.0756. The van der Waals surface area contributed by atoms with E-state index in [1.807, 2.05) is 43.3 Å². The number of aromatic nitrogens is 2. The van der Waals surface area contributed by atoms with Gasteiger partial charge in [0.15, 0.2) is 5.82 Å². The summed E-state index contributed by atoms with van der Waals surface area (Å²) in [6.45, 7) is 1.90. The van der Waals surface area contributed by atoms with Gasteiger partial charge in [-0.05, 0) is 74.8 Å². The molecule has 2 saturated carbocycles. The van der Waals surface area contributed by atoms with Crippen molar-refractivity contribution in [3.05, 3.63) is 47.7 Å². The van der Waals surface area contributed by atoms with Gasteiger partial charge in [-0.25, -0.2) is 0 Å². The molecular formula is C21H28ClN5O. The predicted octanol–water partition coefficient (Wildman–Crippen LogP) is 3.59. The fraction of sp³-hybridized carbons (Fsp3) is 0.476. The summed E-state index contributed by atoms with van der Waals surface area (Å²) in [5.41, 5.74) is 8.55. The second-order valence-corrected chi connectivity index (χ2v) is 7.95. The Morgan fingerprint density at radius 3 is 2.54 bits per heavy atom. The van der Waals surface area contributed by atoms with Crippen molar-refractivity contribution in [1.82, 2.24) is 15.5 Å². The van der Waals surface area contributed by atoms with Crippen LogP contribution in [0, 0.1) is 18.8 Å². The molecule has 2 aliphatic rings. The van der Waals surface area contributed by atoms with Gasteiger partial charge in [-0.3, -0.25) is 4.79 Å². The van der Waals surface area contributed by atoms with Crippen molar-refractivity contribution in [2.24, 2.45) is 17.6 Å². The van der Waals surface area contributed by atoms with Crippen LogP contribution in [-0.2, 0) is 0 Å². The summed E-state index contributed by atoms with van der Waals surface area (Å²) in [6.07, 6.45) is 5.64. The molecule has 4 N–H and O–H groups in total. The highest BCUT2D eigenvalue weighted by Crippen LogP contribution is 2.39. The summed E-state index contributed by atoms with van der Waals surface area (Å²) < 4.78 is 0. The van der Waals surface area contributed by atoms with E-state index in [4.69, 9.17) is 5.73 Å². The predicted molar refractivity (Wildman–Crippen MR) is 113 cm³/mol. The second kappa shape index (κ2) is 8.88. The summed E-state index contributed by atoms with van der Waals surface area (Å²) in [4.78, 5) is 12.9. The summed E-state index contributed by atoms with van der Waals surface area (Å²) in [5, 5.41) is 14.7. The quantitative estimate of drug-likeness (QED) is 0.728. The van der Waals surface area contributed by atoms with Crippen LogP contribution in [0.1, 0.15) is 48.2 Å². The van der Waals surface area contributed by atoms with Crippen LogP contribution in [0.25, 0.3) is 0 Å². The number of benzene rings is 1. The molecule has 2 atom stereocenters. The largest absolute Gasteiger partial charge is 0.349 e. The molecular weight excluding hydrogens is 374 g/mol. The number of aryl methyl sites for hydroxylation is 1. The molecule has 0 saturated heterocycles. The normalized spacial score (nSPS) is 26.1. The van der Waals surface area contributed by atoms with Crippen molar-refractivity contribution >= 4 is 29.8 Å². The Morgan fingerprint density at radius 2 is 1.86 bits per heavy atom. The van der Waals surface area contributed by atoms with Gasteiger partial charge in [-0.2, -0.15) is 5.10 Å². The van der Waals surface area contributed by atoms with E-state index in [1.54, 1.807) is 0 Å². The molecule has 4 rings (SSSR count). The average Bonchev–Trinajstić information content (AvgIpc) is 2.64. The Kier molecular flexibility index (Phi) is 6.52. The van der Waals surface area contributed by atoms with Crippen molar-refractivity contribution in [2.45, 2.75) is 51.1 Å². The topological polar surface area (TPSA) is 92.9 Å². The molecule has 1 amide bonds. The maximum absolute atomic E-state index is 12.9. The number of nitrogens with one attached hydrogen (secondary N) is 2. The van der Waals surface area contributed by atoms with Crippen molar-refractivity contribution in [3.63, 3.8) is 0 Å². The second-order valence-electron chi connectivity index (χ2n) is 7.95. The minimum Gasteiger partial charge on any atom is -0.349 e. The Labute approximate surface area is 172 Å². The molecule has 6 nitrogen and oxygen atoms in total. The summed E-state index contributed by atoms with van der Waals surface area (Å²) in [7, 11) is 0. The Balaban J connectivity index is 0.00000225. The van der Waals surface area contributed by atoms with Crippen molar-refractivity contribution in [3.8, 4) is 0 Å². The molecule has 0 radical (unpaired) electrons. The molecule has 7 heteroatoms. The number of fused-ring (bicyclic) bond motifs is 2. The molecule has 0 aliphatic heterocycles. The third kappa shape index (κ3) is 4.62. The molecule has 2 bridgehead atoms. The SMILES string of the molecule is Cc1ccc(Nc2cccc(C(=O)NC3C4CCCC3CC(N)C4)c2)nn1.Cl. The van der Waals surface area contributed by atoms with Gasteiger partial charge >= 0.3 is 0 Å². The average molecular weight is 402 g/mol. The molecule has 2 unspecified atom stereocenters. The Bertz CT molecular complexity index is 799. The van der Waals surface area contributed by atoms with Crippen LogP contribution in [0.3, 0.4) is 0 Å². The van der Waals surface area contributed by atoms with E-state index in [2.05, 4.69) is 20.8 Å². The number of rotatable bonds is 4. The van der Waals surface area contributed by atoms with Gasteiger partial charge in [0.25, 0.3) is 5.91 Å². The fourth-order valence-corrected chi connectivity index (χ4v) is 4.61. The van der Waals surface area contributed by atoms with Crippen LogP contribution in [0.15, 0.2) is 36.4 Å². The van der Waals surface area contributed by atoms with Crippen LogP contribution in [-0.4, -0.2) is 28.2 Å². The molecule has 28 heavy (non-hydrogen) atoms. The lowest BCUT2D eigenvalue weighted by Crippen LogP contribution is -2.53. The van der Waals surface area contributed by atoms with E-state index < -0.39 is 0 Å². The van der Waals surface area contributed by atoms with E-state index in [0.717, 1.165) is 24.2 Å². The van der Waals surface area contributed by atoms with E-state index in [1.165, 1.54) is 19.3 Å². The lowest BCUT2D eigenvalue weighted by atomic mass is 9.67. The number of carbonyl (C=O) groups excluding carboxylic acids is 1. The van der Waals surface area contributed by atoms with Crippen molar-refractivity contribution in [2.75, 3.05) is 5.32 Å². The van der Waals surface area contributed by atoms with Crippen LogP contribution in [0.5, 0.6) is 0 Å². The molecule has 1 heterocycles. The van der Waals surface area contributed by atoms with Gasteiger partial charge in [0.2, 0.25) is 0 Å². The monoisotopic (exact) mass is 401 g/mol. The molecule has 2 fully saturated rings. The zero-order valence-electron chi connectivity index (χ0n) is 16.1. The molecule has 1 aromatic carbocycles. The smallest absolute Gasteiger partial charge is 0.251 e. The third-order valence-corrected chi connectivity index (χ3v) is 5.87. The number of nitrogens with two attached hydrogens (primary N) is 1. The van der Waals surface area contributed by atoms with Gasteiger partial charge in [-0.15, -0.1) is 17.5 Å². The zero-order chi connectivity index (χ0) is 18.8.